The number of ether oxygens (including phenoxy) is 1. The second kappa shape index (κ2) is 10.7. The fraction of sp³-hybridized carbons (Fsp3) is 0.406. The molecule has 3 aliphatic heterocycles. The van der Waals surface area contributed by atoms with Crippen LogP contribution in [0.5, 0.6) is 5.75 Å². The number of benzene rings is 2. The number of aliphatic imine (C=N–C) groups is 1. The highest BCUT2D eigenvalue weighted by Crippen LogP contribution is 2.32. The van der Waals surface area contributed by atoms with Crippen molar-refractivity contribution in [1.29, 1.82) is 0 Å². The summed E-state index contributed by atoms with van der Waals surface area (Å²) in [6.07, 6.45) is 5.63. The Labute approximate surface area is 225 Å². The molecule has 4 heterocycles. The maximum atomic E-state index is 13.5. The molecule has 3 aromatic rings. The van der Waals surface area contributed by atoms with E-state index in [9.17, 15) is 4.79 Å². The highest BCUT2D eigenvalue weighted by atomic mass is 16.5. The standard InChI is InChI=1S/C32H36N4O2/c1-22-16-25(11-13-33-22)32-28-21-36(15-12-26(28)18-34-32)31(37)17-23-6-5-14-35(19-23)20-29-27-8-4-3-7-24(27)9-10-30(29)38-2/h3-4,7-11,13,16,23H,5-6,12,14-15,17-21H2,1-2H3/t23-/m0/s1. The Morgan fingerprint density at radius 2 is 2.03 bits per heavy atom. The molecule has 3 aliphatic rings. The van der Waals surface area contributed by atoms with Crippen molar-refractivity contribution in [3.05, 3.63) is 82.7 Å². The lowest BCUT2D eigenvalue weighted by molar-refractivity contribution is -0.132. The van der Waals surface area contributed by atoms with E-state index in [1.807, 2.05) is 19.2 Å². The average molecular weight is 509 g/mol. The van der Waals surface area contributed by atoms with E-state index in [0.29, 0.717) is 18.9 Å². The van der Waals surface area contributed by atoms with Gasteiger partial charge in [0.1, 0.15) is 5.75 Å². The maximum Gasteiger partial charge on any atom is 0.223 e. The van der Waals surface area contributed by atoms with Gasteiger partial charge in [-0.3, -0.25) is 19.7 Å². The van der Waals surface area contributed by atoms with Crippen LogP contribution < -0.4 is 4.74 Å². The quantitative estimate of drug-likeness (QED) is 0.460. The molecule has 0 spiro atoms. The summed E-state index contributed by atoms with van der Waals surface area (Å²) in [6.45, 7) is 7.11. The van der Waals surface area contributed by atoms with E-state index in [1.165, 1.54) is 27.5 Å². The van der Waals surface area contributed by atoms with E-state index < -0.39 is 0 Å². The first-order valence-corrected chi connectivity index (χ1v) is 13.8. The number of pyridine rings is 1. The number of aromatic nitrogens is 1. The summed E-state index contributed by atoms with van der Waals surface area (Å²) in [5.41, 5.74) is 7.05. The largest absolute Gasteiger partial charge is 0.496 e. The average Bonchev–Trinajstić information content (AvgIpc) is 3.37. The van der Waals surface area contributed by atoms with Crippen LogP contribution in [0.3, 0.4) is 0 Å². The molecule has 6 nitrogen and oxygen atoms in total. The van der Waals surface area contributed by atoms with E-state index in [-0.39, 0.29) is 5.91 Å². The minimum Gasteiger partial charge on any atom is -0.496 e. The Kier molecular flexibility index (Phi) is 6.98. The van der Waals surface area contributed by atoms with Gasteiger partial charge >= 0.3 is 0 Å². The minimum absolute atomic E-state index is 0.281. The van der Waals surface area contributed by atoms with Crippen molar-refractivity contribution >= 4 is 22.4 Å². The van der Waals surface area contributed by atoms with Crippen molar-refractivity contribution in [2.45, 2.75) is 39.2 Å². The predicted molar refractivity (Wildman–Crippen MR) is 152 cm³/mol. The van der Waals surface area contributed by atoms with Crippen molar-refractivity contribution in [1.82, 2.24) is 14.8 Å². The van der Waals surface area contributed by atoms with Gasteiger partial charge in [-0.25, -0.2) is 0 Å². The second-order valence-corrected chi connectivity index (χ2v) is 10.9. The van der Waals surface area contributed by atoms with Crippen molar-refractivity contribution in [3.63, 3.8) is 0 Å². The fourth-order valence-corrected chi connectivity index (χ4v) is 6.39. The first kappa shape index (κ1) is 24.8. The zero-order valence-electron chi connectivity index (χ0n) is 22.4. The smallest absolute Gasteiger partial charge is 0.223 e. The number of amides is 1. The van der Waals surface area contributed by atoms with Crippen LogP contribution in [0.4, 0.5) is 0 Å². The number of carbonyl (C=O) groups is 1. The predicted octanol–water partition coefficient (Wildman–Crippen LogP) is 5.19. The SMILES string of the molecule is COc1ccc2ccccc2c1CN1CCC[C@@H](CC(=O)N2CCC3=C(C2)C(c2ccnc(C)c2)=NC3)C1. The normalized spacial score (nSPS) is 20.0. The molecule has 196 valence electrons. The van der Waals surface area contributed by atoms with Gasteiger partial charge in [0.05, 0.1) is 19.4 Å². The van der Waals surface area contributed by atoms with Crippen LogP contribution in [-0.4, -0.2) is 66.2 Å². The van der Waals surface area contributed by atoms with Crippen LogP contribution in [0.2, 0.25) is 0 Å². The van der Waals surface area contributed by atoms with Crippen LogP contribution in [0.25, 0.3) is 10.8 Å². The Balaban J connectivity index is 1.11. The Morgan fingerprint density at radius 1 is 1.13 bits per heavy atom. The molecule has 1 saturated heterocycles. The highest BCUT2D eigenvalue weighted by Gasteiger charge is 2.31. The van der Waals surface area contributed by atoms with Gasteiger partial charge in [-0.2, -0.15) is 0 Å². The van der Waals surface area contributed by atoms with Gasteiger partial charge in [-0.05, 0) is 78.8 Å². The molecule has 1 aromatic heterocycles. The van der Waals surface area contributed by atoms with Crippen LogP contribution in [0.1, 0.15) is 42.5 Å². The number of methoxy groups -OCH3 is 1. The van der Waals surface area contributed by atoms with Crippen molar-refractivity contribution < 1.29 is 9.53 Å². The van der Waals surface area contributed by atoms with E-state index in [0.717, 1.165) is 74.7 Å². The van der Waals surface area contributed by atoms with Crippen molar-refractivity contribution in [2.24, 2.45) is 10.9 Å². The molecule has 0 N–H and O–H groups in total. The number of aryl methyl sites for hydroxylation is 1. The van der Waals surface area contributed by atoms with Crippen molar-refractivity contribution in [2.75, 3.05) is 39.8 Å². The number of nitrogens with zero attached hydrogens (tertiary/aromatic N) is 4. The lowest BCUT2D eigenvalue weighted by Crippen LogP contribution is -2.41. The number of rotatable bonds is 6. The molecule has 6 rings (SSSR count). The Hall–Kier alpha value is -3.51. The number of hydrogen-bond acceptors (Lipinski definition) is 5. The first-order chi connectivity index (χ1) is 18.6. The fourth-order valence-electron chi connectivity index (χ4n) is 6.39. The molecule has 0 aliphatic carbocycles. The number of likely N-dealkylation sites (tertiary alicyclic amines) is 1. The molecule has 2 aromatic carbocycles. The van der Waals surface area contributed by atoms with Gasteiger partial charge in [-0.15, -0.1) is 0 Å². The third-order valence-electron chi connectivity index (χ3n) is 8.36. The molecule has 1 atom stereocenters. The summed E-state index contributed by atoms with van der Waals surface area (Å²) < 4.78 is 5.74. The van der Waals surface area contributed by atoms with Gasteiger partial charge in [0.25, 0.3) is 0 Å². The summed E-state index contributed by atoms with van der Waals surface area (Å²) in [6, 6.07) is 16.9. The third-order valence-corrected chi connectivity index (χ3v) is 8.36. The maximum absolute atomic E-state index is 13.5. The molecule has 1 fully saturated rings. The molecular formula is C32H36N4O2. The Bertz CT molecular complexity index is 1430. The molecule has 0 bridgehead atoms. The molecule has 38 heavy (non-hydrogen) atoms. The number of fused-ring (bicyclic) bond motifs is 1. The van der Waals surface area contributed by atoms with E-state index >= 15 is 0 Å². The van der Waals surface area contributed by atoms with Gasteiger partial charge in [-0.1, -0.05) is 30.3 Å². The van der Waals surface area contributed by atoms with Crippen LogP contribution in [-0.2, 0) is 11.3 Å². The van der Waals surface area contributed by atoms with Crippen molar-refractivity contribution in [3.8, 4) is 5.75 Å². The molecule has 6 heteroatoms. The highest BCUT2D eigenvalue weighted by molar-refractivity contribution is 6.15. The van der Waals surface area contributed by atoms with E-state index in [4.69, 9.17) is 9.73 Å². The summed E-state index contributed by atoms with van der Waals surface area (Å²) >= 11 is 0. The lowest BCUT2D eigenvalue weighted by atomic mass is 9.91. The first-order valence-electron chi connectivity index (χ1n) is 13.8. The van der Waals surface area contributed by atoms with E-state index in [1.54, 1.807) is 7.11 Å². The lowest BCUT2D eigenvalue weighted by Gasteiger charge is -2.35. The number of carbonyl (C=O) groups excluding carboxylic acids is 1. The summed E-state index contributed by atoms with van der Waals surface area (Å²) in [5.74, 6) is 1.60. The zero-order chi connectivity index (χ0) is 26.1. The minimum atomic E-state index is 0.281. The van der Waals surface area contributed by atoms with Crippen LogP contribution in [0, 0.1) is 12.8 Å². The number of piperidine rings is 1. The molecule has 0 saturated carbocycles. The zero-order valence-corrected chi connectivity index (χ0v) is 22.4. The number of hydrogen-bond donors (Lipinski definition) is 0. The van der Waals surface area contributed by atoms with E-state index in [2.05, 4.69) is 57.2 Å². The van der Waals surface area contributed by atoms with Crippen LogP contribution in [0.15, 0.2) is 70.9 Å². The van der Waals surface area contributed by atoms with Gasteiger partial charge in [0.15, 0.2) is 0 Å². The molecule has 0 unspecified atom stereocenters. The second-order valence-electron chi connectivity index (χ2n) is 10.9. The third kappa shape index (κ3) is 4.97. The van der Waals surface area contributed by atoms with Gasteiger partial charge in [0, 0.05) is 55.6 Å². The monoisotopic (exact) mass is 508 g/mol. The van der Waals surface area contributed by atoms with Crippen LogP contribution >= 0.6 is 0 Å². The van der Waals surface area contributed by atoms with Gasteiger partial charge < -0.3 is 9.64 Å². The summed E-state index contributed by atoms with van der Waals surface area (Å²) in [5, 5.41) is 2.49. The summed E-state index contributed by atoms with van der Waals surface area (Å²) in [7, 11) is 1.75. The molecule has 1 amide bonds. The Morgan fingerprint density at radius 3 is 2.89 bits per heavy atom. The molecule has 0 radical (unpaired) electrons. The molecular weight excluding hydrogens is 472 g/mol. The summed E-state index contributed by atoms with van der Waals surface area (Å²) in [4.78, 5) is 27.3. The topological polar surface area (TPSA) is 58.0 Å². The van der Waals surface area contributed by atoms with Gasteiger partial charge in [0.2, 0.25) is 5.91 Å².